The van der Waals surface area contributed by atoms with E-state index in [0.29, 0.717) is 12.2 Å². The number of pyridine rings is 2. The fraction of sp³-hybridized carbons (Fsp3) is 0.208. The second kappa shape index (κ2) is 9.47. The molecule has 0 saturated heterocycles. The van der Waals surface area contributed by atoms with Crippen LogP contribution in [-0.4, -0.2) is 36.6 Å². The Morgan fingerprint density at radius 3 is 2.42 bits per heavy atom. The van der Waals surface area contributed by atoms with Gasteiger partial charge in [0.15, 0.2) is 5.65 Å². The second-order valence-electron chi connectivity index (χ2n) is 7.74. The summed E-state index contributed by atoms with van der Waals surface area (Å²) in [5.41, 5.74) is 9.88. The number of carboxylic acids is 1. The van der Waals surface area contributed by atoms with E-state index in [9.17, 15) is 9.59 Å². The number of nitrogens with two attached hydrogens (primary N) is 1. The summed E-state index contributed by atoms with van der Waals surface area (Å²) in [5.74, 6) is -0.420. The molecular formula is C24H24N6O3. The van der Waals surface area contributed by atoms with Gasteiger partial charge in [-0.3, -0.25) is 14.6 Å². The van der Waals surface area contributed by atoms with Gasteiger partial charge in [0, 0.05) is 24.4 Å². The van der Waals surface area contributed by atoms with Crippen molar-refractivity contribution in [3.05, 3.63) is 72.6 Å². The van der Waals surface area contributed by atoms with Crippen LogP contribution >= 0.6 is 0 Å². The Hall–Kier alpha value is -4.27. The molecule has 1 amide bonds. The van der Waals surface area contributed by atoms with Crippen LogP contribution in [0.5, 0.6) is 0 Å². The van der Waals surface area contributed by atoms with Crippen molar-refractivity contribution in [1.29, 1.82) is 0 Å². The number of benzene rings is 1. The summed E-state index contributed by atoms with van der Waals surface area (Å²) < 4.78 is 1.71. The van der Waals surface area contributed by atoms with E-state index in [1.807, 2.05) is 60.7 Å². The maximum absolute atomic E-state index is 12.1. The van der Waals surface area contributed by atoms with Gasteiger partial charge in [-0.25, -0.2) is 4.52 Å². The minimum absolute atomic E-state index is 0.0185. The van der Waals surface area contributed by atoms with Crippen molar-refractivity contribution in [2.24, 2.45) is 5.92 Å². The van der Waals surface area contributed by atoms with E-state index in [4.69, 9.17) is 10.8 Å². The van der Waals surface area contributed by atoms with E-state index >= 15 is 0 Å². The molecule has 3 aromatic heterocycles. The number of amides is 1. The summed E-state index contributed by atoms with van der Waals surface area (Å²) in [6, 6.07) is 19.1. The highest BCUT2D eigenvalue weighted by atomic mass is 16.4. The number of fused-ring (bicyclic) bond motifs is 1. The van der Waals surface area contributed by atoms with Crippen LogP contribution in [0.25, 0.3) is 16.9 Å². The molecule has 0 aliphatic heterocycles. The van der Waals surface area contributed by atoms with Gasteiger partial charge in [0.2, 0.25) is 11.9 Å². The highest BCUT2D eigenvalue weighted by molar-refractivity contribution is 5.91. The van der Waals surface area contributed by atoms with Crippen LogP contribution in [0.4, 0.5) is 11.6 Å². The van der Waals surface area contributed by atoms with Gasteiger partial charge in [-0.15, -0.1) is 5.10 Å². The van der Waals surface area contributed by atoms with Gasteiger partial charge in [-0.2, -0.15) is 4.98 Å². The lowest BCUT2D eigenvalue weighted by atomic mass is 10.1. The number of aliphatic carboxylic acids is 1. The summed E-state index contributed by atoms with van der Waals surface area (Å²) in [7, 11) is 0. The van der Waals surface area contributed by atoms with Gasteiger partial charge in [0.25, 0.3) is 0 Å². The van der Waals surface area contributed by atoms with Crippen molar-refractivity contribution >= 4 is 29.2 Å². The van der Waals surface area contributed by atoms with Crippen LogP contribution in [0.3, 0.4) is 0 Å². The Balaban J connectivity index is 0.000000376. The molecule has 3 N–H and O–H groups in total. The summed E-state index contributed by atoms with van der Waals surface area (Å²) >= 11 is 0. The molecule has 1 aliphatic carbocycles. The molecule has 0 bridgehead atoms. The highest BCUT2D eigenvalue weighted by Gasteiger charge is 2.28. The van der Waals surface area contributed by atoms with Crippen LogP contribution in [0.15, 0.2) is 66.9 Å². The van der Waals surface area contributed by atoms with E-state index in [0.717, 1.165) is 35.5 Å². The van der Waals surface area contributed by atoms with E-state index in [1.165, 1.54) is 0 Å². The number of nitrogen functional groups attached to an aromatic ring is 1. The van der Waals surface area contributed by atoms with Crippen molar-refractivity contribution in [2.45, 2.75) is 26.3 Å². The molecule has 5 rings (SSSR count). The molecule has 0 unspecified atom stereocenters. The molecule has 0 radical (unpaired) electrons. The number of rotatable bonds is 5. The quantitative estimate of drug-likeness (QED) is 0.483. The van der Waals surface area contributed by atoms with E-state index < -0.39 is 5.97 Å². The molecule has 1 aromatic carbocycles. The first-order valence-corrected chi connectivity index (χ1v) is 10.5. The molecule has 168 valence electrons. The summed E-state index contributed by atoms with van der Waals surface area (Å²) in [6.07, 6.45) is 3.52. The maximum atomic E-state index is 12.1. The van der Waals surface area contributed by atoms with Gasteiger partial charge < -0.3 is 15.7 Å². The topological polar surface area (TPSA) is 127 Å². The fourth-order valence-corrected chi connectivity index (χ4v) is 3.32. The van der Waals surface area contributed by atoms with Crippen molar-refractivity contribution < 1.29 is 14.7 Å². The normalized spacial score (nSPS) is 12.6. The summed E-state index contributed by atoms with van der Waals surface area (Å²) in [4.78, 5) is 32.1. The molecule has 9 nitrogen and oxygen atoms in total. The van der Waals surface area contributed by atoms with Crippen LogP contribution in [0.1, 0.15) is 25.5 Å². The first-order chi connectivity index (χ1) is 15.9. The SMILES string of the molecule is CC(=O)N(Cc1ccccn1)c1ccc(-c2cccc3nc(N)nn23)cc1.O=C(O)C1CC1. The second-order valence-corrected chi connectivity index (χ2v) is 7.74. The zero-order valence-electron chi connectivity index (χ0n) is 18.1. The Morgan fingerprint density at radius 1 is 1.09 bits per heavy atom. The molecular weight excluding hydrogens is 420 g/mol. The largest absolute Gasteiger partial charge is 0.481 e. The molecule has 3 heterocycles. The minimum atomic E-state index is -0.630. The lowest BCUT2D eigenvalue weighted by Gasteiger charge is -2.21. The molecule has 9 heteroatoms. The zero-order chi connectivity index (χ0) is 23.4. The van der Waals surface area contributed by atoms with E-state index in [1.54, 1.807) is 22.5 Å². The lowest BCUT2D eigenvalue weighted by molar-refractivity contribution is -0.138. The number of hydrogen-bond donors (Lipinski definition) is 2. The van der Waals surface area contributed by atoms with Crippen molar-refractivity contribution in [3.63, 3.8) is 0 Å². The molecule has 1 fully saturated rings. The minimum Gasteiger partial charge on any atom is -0.481 e. The zero-order valence-corrected chi connectivity index (χ0v) is 18.1. The molecule has 33 heavy (non-hydrogen) atoms. The molecule has 0 spiro atoms. The lowest BCUT2D eigenvalue weighted by Crippen LogP contribution is -2.28. The molecule has 4 aromatic rings. The number of carbonyl (C=O) groups is 2. The fourth-order valence-electron chi connectivity index (χ4n) is 3.32. The van der Waals surface area contributed by atoms with Gasteiger partial charge in [0.05, 0.1) is 23.9 Å². The third-order valence-corrected chi connectivity index (χ3v) is 5.20. The van der Waals surface area contributed by atoms with Crippen molar-refractivity contribution in [3.8, 4) is 11.3 Å². The number of aromatic nitrogens is 4. The maximum Gasteiger partial charge on any atom is 0.306 e. The molecule has 1 saturated carbocycles. The predicted octanol–water partition coefficient (Wildman–Crippen LogP) is 3.41. The van der Waals surface area contributed by atoms with Crippen LogP contribution in [0.2, 0.25) is 0 Å². The van der Waals surface area contributed by atoms with E-state index in [-0.39, 0.29) is 17.8 Å². The number of hydrogen-bond acceptors (Lipinski definition) is 6. The van der Waals surface area contributed by atoms with Crippen LogP contribution < -0.4 is 10.6 Å². The number of carboxylic acid groups (broad SMARTS) is 1. The number of nitrogens with zero attached hydrogens (tertiary/aromatic N) is 5. The van der Waals surface area contributed by atoms with Crippen molar-refractivity contribution in [1.82, 2.24) is 19.6 Å². The first-order valence-electron chi connectivity index (χ1n) is 10.5. The van der Waals surface area contributed by atoms with Gasteiger partial charge >= 0.3 is 5.97 Å². The van der Waals surface area contributed by atoms with Crippen molar-refractivity contribution in [2.75, 3.05) is 10.6 Å². The number of anilines is 2. The smallest absolute Gasteiger partial charge is 0.306 e. The van der Waals surface area contributed by atoms with E-state index in [2.05, 4.69) is 15.1 Å². The Kier molecular flexibility index (Phi) is 6.30. The summed E-state index contributed by atoms with van der Waals surface area (Å²) in [6.45, 7) is 1.97. The average molecular weight is 444 g/mol. The van der Waals surface area contributed by atoms with Gasteiger partial charge in [-0.1, -0.05) is 24.3 Å². The average Bonchev–Trinajstić information content (AvgIpc) is 3.60. The molecule has 1 aliphatic rings. The highest BCUT2D eigenvalue weighted by Crippen LogP contribution is 2.28. The Morgan fingerprint density at radius 2 is 1.85 bits per heavy atom. The summed E-state index contributed by atoms with van der Waals surface area (Å²) in [5, 5.41) is 12.3. The molecule has 0 atom stereocenters. The first kappa shape index (κ1) is 21.9. The van der Waals surface area contributed by atoms with Crippen LogP contribution in [-0.2, 0) is 16.1 Å². The third kappa shape index (κ3) is 5.32. The standard InChI is InChI=1S/C20H18N6O.C4H6O2/c1-14(27)25(13-16-5-2-3-12-22-16)17-10-8-15(9-11-17)18-6-4-7-19-23-20(21)24-26(18)19;5-4(6)3-1-2-3/h2-12H,13H2,1H3,(H2,21,24);3H,1-2H2,(H,5,6). The van der Waals surface area contributed by atoms with Gasteiger partial charge in [0.1, 0.15) is 0 Å². The number of carbonyl (C=O) groups excluding carboxylic acids is 1. The van der Waals surface area contributed by atoms with Gasteiger partial charge in [-0.05, 0) is 49.2 Å². The Bertz CT molecular complexity index is 1270. The Labute approximate surface area is 190 Å². The van der Waals surface area contributed by atoms with Crippen LogP contribution in [0, 0.1) is 5.92 Å². The predicted molar refractivity (Wildman–Crippen MR) is 124 cm³/mol. The monoisotopic (exact) mass is 444 g/mol. The third-order valence-electron chi connectivity index (χ3n) is 5.20.